The largest absolute Gasteiger partial charge is 0.418 e. The molecule has 2 aromatic carbocycles. The minimum Gasteiger partial charge on any atom is -0.384 e. The molecule has 170 valence electrons. The number of aromatic nitrogens is 1. The molecule has 5 nitrogen and oxygen atoms in total. The van der Waals surface area contributed by atoms with E-state index in [9.17, 15) is 18.0 Å². The van der Waals surface area contributed by atoms with Gasteiger partial charge in [0.15, 0.2) is 0 Å². The Labute approximate surface area is 189 Å². The van der Waals surface area contributed by atoms with E-state index in [1.54, 1.807) is 12.4 Å². The number of hydrogen-bond donors (Lipinski definition) is 2. The third-order valence-electron chi connectivity index (χ3n) is 5.21. The number of aliphatic imine (C=N–C) groups is 1. The number of anilines is 2. The number of alkyl halides is 3. The van der Waals surface area contributed by atoms with Gasteiger partial charge in [-0.25, -0.2) is 0 Å². The first-order valence-corrected chi connectivity index (χ1v) is 10.6. The number of rotatable bonds is 5. The van der Waals surface area contributed by atoms with Gasteiger partial charge in [0.05, 0.1) is 29.1 Å². The highest BCUT2D eigenvalue weighted by Crippen LogP contribution is 2.42. The number of nitrogens with zero attached hydrogens (tertiary/aromatic N) is 2. The number of benzene rings is 2. The van der Waals surface area contributed by atoms with Gasteiger partial charge in [-0.1, -0.05) is 32.0 Å². The van der Waals surface area contributed by atoms with Crippen molar-refractivity contribution in [3.8, 4) is 11.1 Å². The summed E-state index contributed by atoms with van der Waals surface area (Å²) in [6.07, 6.45) is -1.24. The van der Waals surface area contributed by atoms with Gasteiger partial charge in [-0.05, 0) is 52.9 Å². The lowest BCUT2D eigenvalue weighted by Gasteiger charge is -2.18. The van der Waals surface area contributed by atoms with E-state index in [4.69, 9.17) is 0 Å². The van der Waals surface area contributed by atoms with Crippen LogP contribution in [-0.2, 0) is 11.0 Å². The van der Waals surface area contributed by atoms with Gasteiger partial charge in [-0.3, -0.25) is 14.8 Å². The quantitative estimate of drug-likeness (QED) is 0.478. The molecule has 8 heteroatoms. The van der Waals surface area contributed by atoms with Crippen LogP contribution in [0.3, 0.4) is 0 Å². The van der Waals surface area contributed by atoms with Crippen LogP contribution < -0.4 is 10.6 Å². The first kappa shape index (κ1) is 22.5. The lowest BCUT2D eigenvalue weighted by Crippen LogP contribution is -2.17. The zero-order valence-corrected chi connectivity index (χ0v) is 18.2. The van der Waals surface area contributed by atoms with E-state index in [1.807, 2.05) is 50.2 Å². The van der Waals surface area contributed by atoms with E-state index in [1.165, 1.54) is 6.07 Å². The second-order valence-electron chi connectivity index (χ2n) is 8.29. The molecule has 0 saturated heterocycles. The van der Waals surface area contributed by atoms with Crippen molar-refractivity contribution in [2.45, 2.75) is 26.4 Å². The lowest BCUT2D eigenvalue weighted by molar-refractivity contribution is -0.137. The fraction of sp³-hybridized carbons (Fsp3) is 0.240. The molecular weight excluding hydrogens is 429 g/mol. The number of nitrogens with one attached hydrogen (secondary N) is 2. The number of carbonyl (C=O) groups is 1. The normalized spacial score (nSPS) is 13.8. The molecule has 1 aromatic heterocycles. The minimum atomic E-state index is -4.57. The summed E-state index contributed by atoms with van der Waals surface area (Å²) in [4.78, 5) is 21.2. The van der Waals surface area contributed by atoms with Crippen LogP contribution in [0.5, 0.6) is 0 Å². The molecule has 3 aromatic rings. The first-order chi connectivity index (χ1) is 15.7. The fourth-order valence-corrected chi connectivity index (χ4v) is 3.60. The van der Waals surface area contributed by atoms with Crippen LogP contribution in [0, 0.1) is 5.92 Å². The molecule has 0 radical (unpaired) electrons. The highest BCUT2D eigenvalue weighted by molar-refractivity contribution is 6.17. The highest BCUT2D eigenvalue weighted by atomic mass is 19.4. The molecule has 0 atom stereocenters. The second kappa shape index (κ2) is 9.05. The summed E-state index contributed by atoms with van der Waals surface area (Å²) in [6.45, 7) is 4.20. The van der Waals surface area contributed by atoms with E-state index >= 15 is 0 Å². The van der Waals surface area contributed by atoms with Crippen molar-refractivity contribution >= 4 is 28.7 Å². The maximum atomic E-state index is 13.7. The maximum absolute atomic E-state index is 13.7. The summed E-state index contributed by atoms with van der Waals surface area (Å²) in [6, 6.07) is 13.6. The number of amides is 1. The number of pyridine rings is 1. The van der Waals surface area contributed by atoms with Gasteiger partial charge in [0.25, 0.3) is 0 Å². The van der Waals surface area contributed by atoms with E-state index < -0.39 is 17.6 Å². The van der Waals surface area contributed by atoms with Gasteiger partial charge in [0.2, 0.25) is 5.91 Å². The van der Waals surface area contributed by atoms with Crippen LogP contribution >= 0.6 is 0 Å². The summed E-state index contributed by atoms with van der Waals surface area (Å²) >= 11 is 0. The van der Waals surface area contributed by atoms with Gasteiger partial charge in [-0.2, -0.15) is 13.2 Å². The van der Waals surface area contributed by atoms with Gasteiger partial charge in [-0.15, -0.1) is 0 Å². The van der Waals surface area contributed by atoms with Gasteiger partial charge >= 0.3 is 6.18 Å². The van der Waals surface area contributed by atoms with Gasteiger partial charge < -0.3 is 10.6 Å². The molecule has 0 aliphatic carbocycles. The van der Waals surface area contributed by atoms with Crippen molar-refractivity contribution in [3.63, 3.8) is 0 Å². The Hall–Kier alpha value is -3.68. The SMILES string of the molecule is CC(C)CNc1cc2c(cc1C(F)(F)F)NC(=O)CC(c1cccc(-c3ccncc3)c1)=N2. The summed E-state index contributed by atoms with van der Waals surface area (Å²) in [7, 11) is 0. The summed E-state index contributed by atoms with van der Waals surface area (Å²) in [5.74, 6) is -0.266. The van der Waals surface area contributed by atoms with Crippen molar-refractivity contribution in [2.24, 2.45) is 10.9 Å². The van der Waals surface area contributed by atoms with Crippen molar-refractivity contribution in [3.05, 3.63) is 72.1 Å². The molecule has 1 amide bonds. The van der Waals surface area contributed by atoms with Crippen molar-refractivity contribution in [1.82, 2.24) is 4.98 Å². The Morgan fingerprint density at radius 3 is 2.45 bits per heavy atom. The number of halogens is 3. The van der Waals surface area contributed by atoms with Crippen molar-refractivity contribution < 1.29 is 18.0 Å². The van der Waals surface area contributed by atoms with Crippen LogP contribution in [0.25, 0.3) is 11.1 Å². The van der Waals surface area contributed by atoms with E-state index in [0.717, 1.165) is 22.8 Å². The molecule has 0 unspecified atom stereocenters. The van der Waals surface area contributed by atoms with E-state index in [-0.39, 0.29) is 29.4 Å². The smallest absolute Gasteiger partial charge is 0.384 e. The third kappa shape index (κ3) is 5.22. The predicted octanol–water partition coefficient (Wildman–Crippen LogP) is 6.30. The summed E-state index contributed by atoms with van der Waals surface area (Å²) in [5.41, 5.74) is 2.53. The molecule has 0 saturated carbocycles. The summed E-state index contributed by atoms with van der Waals surface area (Å²) < 4.78 is 41.1. The van der Waals surface area contributed by atoms with E-state index in [2.05, 4.69) is 20.6 Å². The topological polar surface area (TPSA) is 66.4 Å². The monoisotopic (exact) mass is 452 g/mol. The molecule has 0 bridgehead atoms. The first-order valence-electron chi connectivity index (χ1n) is 10.6. The average Bonchev–Trinajstić information content (AvgIpc) is 2.94. The molecular formula is C25H23F3N4O. The lowest BCUT2D eigenvalue weighted by atomic mass is 10.0. The number of fused-ring (bicyclic) bond motifs is 1. The Morgan fingerprint density at radius 1 is 1.03 bits per heavy atom. The number of hydrogen-bond acceptors (Lipinski definition) is 4. The second-order valence-corrected chi connectivity index (χ2v) is 8.29. The Morgan fingerprint density at radius 2 is 1.76 bits per heavy atom. The molecule has 33 heavy (non-hydrogen) atoms. The third-order valence-corrected chi connectivity index (χ3v) is 5.21. The van der Waals surface area contributed by atoms with Gasteiger partial charge in [0, 0.05) is 24.6 Å². The van der Waals surface area contributed by atoms with E-state index in [0.29, 0.717) is 12.3 Å². The highest BCUT2D eigenvalue weighted by Gasteiger charge is 2.35. The molecule has 0 spiro atoms. The van der Waals surface area contributed by atoms with Crippen molar-refractivity contribution in [2.75, 3.05) is 17.2 Å². The standard InChI is InChI=1S/C25H23F3N4O/c1-15(2)14-30-21-12-23-22(11-19(21)25(26,27)28)32-24(33)13-20(31-23)18-5-3-4-17(10-18)16-6-8-29-9-7-16/h3-12,15,30H,13-14H2,1-2H3,(H,32,33). The fourth-order valence-electron chi connectivity index (χ4n) is 3.60. The minimum absolute atomic E-state index is 0.0442. The molecule has 1 aliphatic rings. The Kier molecular flexibility index (Phi) is 6.18. The predicted molar refractivity (Wildman–Crippen MR) is 124 cm³/mol. The molecule has 0 fully saturated rings. The Balaban J connectivity index is 1.79. The zero-order chi connectivity index (χ0) is 23.6. The van der Waals surface area contributed by atoms with Crippen LogP contribution in [0.1, 0.15) is 31.4 Å². The van der Waals surface area contributed by atoms with Crippen LogP contribution in [0.2, 0.25) is 0 Å². The molecule has 4 rings (SSSR count). The van der Waals surface area contributed by atoms with Crippen LogP contribution in [-0.4, -0.2) is 23.1 Å². The maximum Gasteiger partial charge on any atom is 0.418 e. The zero-order valence-electron chi connectivity index (χ0n) is 18.2. The van der Waals surface area contributed by atoms with Crippen molar-refractivity contribution in [1.29, 1.82) is 0 Å². The average molecular weight is 452 g/mol. The van der Waals surface area contributed by atoms with Crippen LogP contribution in [0.4, 0.5) is 30.2 Å². The molecule has 1 aliphatic heterocycles. The number of carbonyl (C=O) groups excluding carboxylic acids is 1. The molecule has 2 N–H and O–H groups in total. The summed E-state index contributed by atoms with van der Waals surface area (Å²) in [5, 5.41) is 5.46. The van der Waals surface area contributed by atoms with Gasteiger partial charge in [0.1, 0.15) is 0 Å². The van der Waals surface area contributed by atoms with Crippen LogP contribution in [0.15, 0.2) is 65.9 Å². The molecule has 2 heterocycles. The Bertz CT molecular complexity index is 1200.